The molecular formula is C21H19NO. The molecule has 1 aliphatic rings. The number of allylic oxidation sites excluding steroid dienone is 5. The third-order valence-corrected chi connectivity index (χ3v) is 3.72. The maximum absolute atomic E-state index is 9.79. The SMILES string of the molecule is Oc1ccccc1CN=C1C=CC=C(C=Cc2ccccc2)C1. The minimum absolute atomic E-state index is 0.302. The summed E-state index contributed by atoms with van der Waals surface area (Å²) >= 11 is 0. The summed E-state index contributed by atoms with van der Waals surface area (Å²) in [6, 6.07) is 17.6. The Morgan fingerprint density at radius 2 is 1.74 bits per heavy atom. The second-order valence-corrected chi connectivity index (χ2v) is 5.46. The van der Waals surface area contributed by atoms with Crippen LogP contribution >= 0.6 is 0 Å². The van der Waals surface area contributed by atoms with Gasteiger partial charge in [0.15, 0.2) is 0 Å². The zero-order valence-electron chi connectivity index (χ0n) is 12.9. The fourth-order valence-corrected chi connectivity index (χ4v) is 2.43. The van der Waals surface area contributed by atoms with E-state index in [1.165, 1.54) is 11.1 Å². The zero-order valence-corrected chi connectivity index (χ0v) is 12.9. The van der Waals surface area contributed by atoms with E-state index in [9.17, 15) is 5.11 Å². The van der Waals surface area contributed by atoms with Gasteiger partial charge in [-0.05, 0) is 23.3 Å². The van der Waals surface area contributed by atoms with Crippen LogP contribution in [0.3, 0.4) is 0 Å². The predicted octanol–water partition coefficient (Wildman–Crippen LogP) is 4.93. The van der Waals surface area contributed by atoms with E-state index in [0.717, 1.165) is 17.7 Å². The maximum atomic E-state index is 9.79. The monoisotopic (exact) mass is 301 g/mol. The molecule has 0 saturated carbocycles. The Balaban J connectivity index is 1.65. The molecule has 3 rings (SSSR count). The van der Waals surface area contributed by atoms with E-state index in [0.29, 0.717) is 12.3 Å². The van der Waals surface area contributed by atoms with Crippen molar-refractivity contribution < 1.29 is 5.11 Å². The van der Waals surface area contributed by atoms with Crippen LogP contribution in [0.1, 0.15) is 17.5 Å². The van der Waals surface area contributed by atoms with Gasteiger partial charge in [0.2, 0.25) is 0 Å². The Labute approximate surface area is 136 Å². The molecule has 0 aliphatic heterocycles. The first-order valence-corrected chi connectivity index (χ1v) is 7.72. The predicted molar refractivity (Wildman–Crippen MR) is 96.6 cm³/mol. The van der Waals surface area contributed by atoms with Crippen molar-refractivity contribution in [3.05, 3.63) is 95.6 Å². The van der Waals surface area contributed by atoms with E-state index >= 15 is 0 Å². The Morgan fingerprint density at radius 3 is 2.57 bits per heavy atom. The van der Waals surface area contributed by atoms with E-state index in [1.807, 2.05) is 48.6 Å². The molecule has 2 aromatic rings. The zero-order chi connectivity index (χ0) is 15.9. The van der Waals surface area contributed by atoms with Crippen LogP contribution in [-0.4, -0.2) is 10.8 Å². The van der Waals surface area contributed by atoms with Crippen molar-refractivity contribution in [2.24, 2.45) is 4.99 Å². The van der Waals surface area contributed by atoms with Crippen molar-refractivity contribution in [2.45, 2.75) is 13.0 Å². The first kappa shape index (κ1) is 15.0. The smallest absolute Gasteiger partial charge is 0.120 e. The van der Waals surface area contributed by atoms with Gasteiger partial charge in [0, 0.05) is 17.7 Å². The summed E-state index contributed by atoms with van der Waals surface area (Å²) in [4.78, 5) is 4.61. The van der Waals surface area contributed by atoms with E-state index < -0.39 is 0 Å². The highest BCUT2D eigenvalue weighted by Gasteiger charge is 2.04. The Kier molecular flexibility index (Phi) is 4.85. The van der Waals surface area contributed by atoms with Crippen LogP contribution in [0.5, 0.6) is 5.75 Å². The van der Waals surface area contributed by atoms with E-state index in [-0.39, 0.29) is 0 Å². The van der Waals surface area contributed by atoms with Gasteiger partial charge in [-0.3, -0.25) is 4.99 Å². The summed E-state index contributed by atoms with van der Waals surface area (Å²) in [6.45, 7) is 0.502. The minimum Gasteiger partial charge on any atom is -0.508 e. The molecule has 2 nitrogen and oxygen atoms in total. The quantitative estimate of drug-likeness (QED) is 0.853. The third-order valence-electron chi connectivity index (χ3n) is 3.72. The fraction of sp³-hybridized carbons (Fsp3) is 0.0952. The van der Waals surface area contributed by atoms with Crippen molar-refractivity contribution in [2.75, 3.05) is 0 Å². The number of phenolic OH excluding ortho intramolecular Hbond substituents is 1. The van der Waals surface area contributed by atoms with Gasteiger partial charge in [0.05, 0.1) is 6.54 Å². The van der Waals surface area contributed by atoms with Crippen LogP contribution in [0.4, 0.5) is 0 Å². The fourth-order valence-electron chi connectivity index (χ4n) is 2.43. The Morgan fingerprint density at radius 1 is 0.957 bits per heavy atom. The summed E-state index contributed by atoms with van der Waals surface area (Å²) < 4.78 is 0. The minimum atomic E-state index is 0.302. The molecule has 0 bridgehead atoms. The van der Waals surface area contributed by atoms with Crippen molar-refractivity contribution in [3.8, 4) is 5.75 Å². The lowest BCUT2D eigenvalue weighted by Gasteiger charge is -2.08. The molecule has 0 amide bonds. The standard InChI is InChI=1S/C21H19NO/c23-21-12-5-4-10-19(21)16-22-20-11-6-9-18(15-20)14-13-17-7-2-1-3-8-17/h1-14,23H,15-16H2. The molecule has 0 aromatic heterocycles. The van der Waals surface area contributed by atoms with E-state index in [1.54, 1.807) is 6.07 Å². The first-order chi connectivity index (χ1) is 11.3. The van der Waals surface area contributed by atoms with E-state index in [4.69, 9.17) is 0 Å². The highest BCUT2D eigenvalue weighted by molar-refractivity contribution is 5.98. The second-order valence-electron chi connectivity index (χ2n) is 5.46. The molecule has 0 unspecified atom stereocenters. The molecule has 0 heterocycles. The highest BCUT2D eigenvalue weighted by Crippen LogP contribution is 2.18. The number of aliphatic imine (C=N–C) groups is 1. The number of phenols is 1. The molecule has 2 heteroatoms. The van der Waals surface area contributed by atoms with Gasteiger partial charge in [-0.15, -0.1) is 0 Å². The van der Waals surface area contributed by atoms with Gasteiger partial charge in [0.1, 0.15) is 5.75 Å². The molecule has 23 heavy (non-hydrogen) atoms. The van der Waals surface area contributed by atoms with Crippen LogP contribution in [0.15, 0.2) is 89.5 Å². The van der Waals surface area contributed by atoms with Gasteiger partial charge in [-0.1, -0.05) is 72.8 Å². The normalized spacial score (nSPS) is 16.0. The number of para-hydroxylation sites is 1. The molecule has 2 aromatic carbocycles. The molecule has 1 aliphatic carbocycles. The van der Waals surface area contributed by atoms with Crippen LogP contribution in [-0.2, 0) is 6.54 Å². The molecule has 0 saturated heterocycles. The number of aromatic hydroxyl groups is 1. The number of nitrogens with zero attached hydrogens (tertiary/aromatic N) is 1. The Hall–Kier alpha value is -2.87. The van der Waals surface area contributed by atoms with E-state index in [2.05, 4.69) is 35.4 Å². The summed E-state index contributed by atoms with van der Waals surface area (Å²) in [7, 11) is 0. The highest BCUT2D eigenvalue weighted by atomic mass is 16.3. The molecule has 0 spiro atoms. The molecular weight excluding hydrogens is 282 g/mol. The number of rotatable bonds is 4. The Bertz CT molecular complexity index is 782. The van der Waals surface area contributed by atoms with Crippen LogP contribution < -0.4 is 0 Å². The lowest BCUT2D eigenvalue weighted by atomic mass is 10.0. The summed E-state index contributed by atoms with van der Waals surface area (Å²) in [5, 5.41) is 9.79. The van der Waals surface area contributed by atoms with Crippen molar-refractivity contribution in [3.63, 3.8) is 0 Å². The topological polar surface area (TPSA) is 32.6 Å². The lowest BCUT2D eigenvalue weighted by molar-refractivity contribution is 0.468. The van der Waals surface area contributed by atoms with Crippen molar-refractivity contribution in [1.29, 1.82) is 0 Å². The van der Waals surface area contributed by atoms with Gasteiger partial charge in [0.25, 0.3) is 0 Å². The molecule has 114 valence electrons. The third kappa shape index (κ3) is 4.30. The van der Waals surface area contributed by atoms with Crippen molar-refractivity contribution in [1.82, 2.24) is 0 Å². The van der Waals surface area contributed by atoms with Crippen LogP contribution in [0.2, 0.25) is 0 Å². The molecule has 0 fully saturated rings. The van der Waals surface area contributed by atoms with Crippen LogP contribution in [0.25, 0.3) is 6.08 Å². The van der Waals surface area contributed by atoms with Gasteiger partial charge < -0.3 is 5.11 Å². The number of benzene rings is 2. The maximum Gasteiger partial charge on any atom is 0.120 e. The number of hydrogen-bond acceptors (Lipinski definition) is 2. The number of hydrogen-bond donors (Lipinski definition) is 1. The first-order valence-electron chi connectivity index (χ1n) is 7.72. The van der Waals surface area contributed by atoms with Gasteiger partial charge >= 0.3 is 0 Å². The average molecular weight is 301 g/mol. The average Bonchev–Trinajstić information content (AvgIpc) is 2.61. The lowest BCUT2D eigenvalue weighted by Crippen LogP contribution is -2.00. The van der Waals surface area contributed by atoms with Gasteiger partial charge in [-0.25, -0.2) is 0 Å². The largest absolute Gasteiger partial charge is 0.508 e. The summed E-state index contributed by atoms with van der Waals surface area (Å²) in [5.74, 6) is 0.302. The molecule has 0 atom stereocenters. The van der Waals surface area contributed by atoms with Crippen LogP contribution in [0, 0.1) is 0 Å². The molecule has 0 radical (unpaired) electrons. The summed E-state index contributed by atoms with van der Waals surface area (Å²) in [5.41, 5.74) is 4.30. The van der Waals surface area contributed by atoms with Crippen molar-refractivity contribution >= 4 is 11.8 Å². The molecule has 1 N–H and O–H groups in total. The van der Waals surface area contributed by atoms with Gasteiger partial charge in [-0.2, -0.15) is 0 Å². The second kappa shape index (κ2) is 7.41. The summed E-state index contributed by atoms with van der Waals surface area (Å²) in [6.07, 6.45) is 11.2.